The van der Waals surface area contributed by atoms with Crippen molar-refractivity contribution in [1.29, 1.82) is 0 Å². The summed E-state index contributed by atoms with van der Waals surface area (Å²) in [7, 11) is 0. The van der Waals surface area contributed by atoms with Gasteiger partial charge in [-0.2, -0.15) is 0 Å². The second-order valence-corrected chi connectivity index (χ2v) is 6.69. The average Bonchev–Trinajstić information content (AvgIpc) is 2.36. The number of rotatable bonds is 4. The summed E-state index contributed by atoms with van der Waals surface area (Å²) < 4.78 is 0. The molecule has 4 nitrogen and oxygen atoms in total. The summed E-state index contributed by atoms with van der Waals surface area (Å²) in [5, 5.41) is 5.48. The fourth-order valence-corrected chi connectivity index (χ4v) is 1.88. The van der Waals surface area contributed by atoms with Gasteiger partial charge in [-0.1, -0.05) is 32.9 Å². The van der Waals surface area contributed by atoms with Crippen LogP contribution in [0, 0.1) is 0 Å². The van der Waals surface area contributed by atoms with Crippen LogP contribution in [0.4, 0.5) is 0 Å². The van der Waals surface area contributed by atoms with Gasteiger partial charge in [0.25, 0.3) is 5.91 Å². The van der Waals surface area contributed by atoms with Crippen LogP contribution < -0.4 is 10.6 Å². The Hall–Kier alpha value is -1.84. The van der Waals surface area contributed by atoms with Crippen molar-refractivity contribution in [1.82, 2.24) is 10.6 Å². The third-order valence-corrected chi connectivity index (χ3v) is 3.18. The quantitative estimate of drug-likeness (QED) is 0.895. The fraction of sp³-hybridized carbons (Fsp3) is 0.529. The molecule has 0 saturated heterocycles. The van der Waals surface area contributed by atoms with Crippen molar-refractivity contribution < 1.29 is 9.59 Å². The van der Waals surface area contributed by atoms with Gasteiger partial charge < -0.3 is 10.6 Å². The third kappa shape index (κ3) is 5.21. The summed E-state index contributed by atoms with van der Waals surface area (Å²) in [5.41, 5.74) is 1.79. The predicted octanol–water partition coefficient (Wildman–Crippen LogP) is 2.63. The van der Waals surface area contributed by atoms with Crippen LogP contribution in [0.5, 0.6) is 0 Å². The molecule has 0 radical (unpaired) electrons. The summed E-state index contributed by atoms with van der Waals surface area (Å²) in [4.78, 5) is 23.9. The standard InChI is InChI=1S/C17H26N2O2/c1-11(2)18-15(20)12(3)19-16(21)13-7-9-14(10-8-13)17(4,5)6/h7-12H,1-6H3,(H,18,20)(H,19,21)/t12-/m0/s1. The highest BCUT2D eigenvalue weighted by atomic mass is 16.2. The molecular weight excluding hydrogens is 264 g/mol. The number of hydrogen-bond acceptors (Lipinski definition) is 2. The fourth-order valence-electron chi connectivity index (χ4n) is 1.88. The molecule has 1 aromatic carbocycles. The van der Waals surface area contributed by atoms with Gasteiger partial charge in [-0.3, -0.25) is 9.59 Å². The Morgan fingerprint density at radius 2 is 1.48 bits per heavy atom. The molecule has 1 aromatic rings. The van der Waals surface area contributed by atoms with E-state index < -0.39 is 6.04 Å². The van der Waals surface area contributed by atoms with Gasteiger partial charge in [0.1, 0.15) is 6.04 Å². The molecule has 0 bridgehead atoms. The lowest BCUT2D eigenvalue weighted by molar-refractivity contribution is -0.123. The number of amides is 2. The van der Waals surface area contributed by atoms with E-state index in [-0.39, 0.29) is 23.3 Å². The van der Waals surface area contributed by atoms with Crippen LogP contribution in [-0.2, 0) is 10.2 Å². The topological polar surface area (TPSA) is 58.2 Å². The molecule has 0 saturated carbocycles. The van der Waals surface area contributed by atoms with E-state index in [0.29, 0.717) is 5.56 Å². The third-order valence-electron chi connectivity index (χ3n) is 3.18. The maximum absolute atomic E-state index is 12.1. The Bertz CT molecular complexity index is 499. The van der Waals surface area contributed by atoms with E-state index in [0.717, 1.165) is 0 Å². The zero-order valence-electron chi connectivity index (χ0n) is 13.8. The zero-order chi connectivity index (χ0) is 16.2. The van der Waals surface area contributed by atoms with Crippen LogP contribution in [0.25, 0.3) is 0 Å². The number of benzene rings is 1. The van der Waals surface area contributed by atoms with Gasteiger partial charge in [0.2, 0.25) is 5.91 Å². The minimum atomic E-state index is -0.554. The monoisotopic (exact) mass is 290 g/mol. The van der Waals surface area contributed by atoms with E-state index in [1.807, 2.05) is 26.0 Å². The highest BCUT2D eigenvalue weighted by Gasteiger charge is 2.18. The first kappa shape index (κ1) is 17.2. The predicted molar refractivity (Wildman–Crippen MR) is 85.3 cm³/mol. The first-order valence-corrected chi connectivity index (χ1v) is 7.33. The van der Waals surface area contributed by atoms with Crippen LogP contribution in [0.1, 0.15) is 57.5 Å². The van der Waals surface area contributed by atoms with E-state index in [2.05, 4.69) is 31.4 Å². The van der Waals surface area contributed by atoms with Crippen molar-refractivity contribution in [3.8, 4) is 0 Å². The molecular formula is C17H26N2O2. The van der Waals surface area contributed by atoms with Gasteiger partial charge in [0.15, 0.2) is 0 Å². The van der Waals surface area contributed by atoms with Gasteiger partial charge in [-0.25, -0.2) is 0 Å². The molecule has 0 aliphatic carbocycles. The molecule has 2 N–H and O–H groups in total. The largest absolute Gasteiger partial charge is 0.352 e. The van der Waals surface area contributed by atoms with Crippen LogP contribution >= 0.6 is 0 Å². The highest BCUT2D eigenvalue weighted by molar-refractivity contribution is 5.97. The molecule has 1 rings (SSSR count). The van der Waals surface area contributed by atoms with Gasteiger partial charge >= 0.3 is 0 Å². The Kier molecular flexibility index (Phi) is 5.53. The molecule has 0 aliphatic rings. The lowest BCUT2D eigenvalue weighted by Gasteiger charge is -2.19. The highest BCUT2D eigenvalue weighted by Crippen LogP contribution is 2.22. The van der Waals surface area contributed by atoms with E-state index in [1.54, 1.807) is 19.1 Å². The number of carbonyl (C=O) groups is 2. The van der Waals surface area contributed by atoms with Crippen LogP contribution in [0.3, 0.4) is 0 Å². The van der Waals surface area contributed by atoms with Gasteiger partial charge in [-0.15, -0.1) is 0 Å². The molecule has 21 heavy (non-hydrogen) atoms. The van der Waals surface area contributed by atoms with Crippen molar-refractivity contribution in [3.63, 3.8) is 0 Å². The van der Waals surface area contributed by atoms with Crippen molar-refractivity contribution in [2.45, 2.75) is 59.0 Å². The van der Waals surface area contributed by atoms with Gasteiger partial charge in [0.05, 0.1) is 0 Å². The Labute approximate surface area is 127 Å². The Morgan fingerprint density at radius 1 is 0.952 bits per heavy atom. The normalized spacial score (nSPS) is 12.9. The maximum Gasteiger partial charge on any atom is 0.251 e. The minimum absolute atomic E-state index is 0.0550. The molecule has 0 heterocycles. The summed E-state index contributed by atoms with van der Waals surface area (Å²) in [5.74, 6) is -0.411. The van der Waals surface area contributed by atoms with Crippen LogP contribution in [0.15, 0.2) is 24.3 Å². The number of nitrogens with one attached hydrogen (secondary N) is 2. The molecule has 1 atom stereocenters. The molecule has 0 fully saturated rings. The molecule has 2 amide bonds. The van der Waals surface area contributed by atoms with Crippen molar-refractivity contribution >= 4 is 11.8 Å². The summed E-state index contributed by atoms with van der Waals surface area (Å²) in [6.07, 6.45) is 0. The molecule has 0 spiro atoms. The lowest BCUT2D eigenvalue weighted by atomic mass is 9.86. The first-order valence-electron chi connectivity index (χ1n) is 7.33. The zero-order valence-corrected chi connectivity index (χ0v) is 13.8. The number of carbonyl (C=O) groups excluding carboxylic acids is 2. The SMILES string of the molecule is CC(C)NC(=O)[C@H](C)NC(=O)c1ccc(C(C)(C)C)cc1. The van der Waals surface area contributed by atoms with Crippen molar-refractivity contribution in [2.24, 2.45) is 0 Å². The van der Waals surface area contributed by atoms with E-state index in [4.69, 9.17) is 0 Å². The summed E-state index contributed by atoms with van der Waals surface area (Å²) >= 11 is 0. The average molecular weight is 290 g/mol. The van der Waals surface area contributed by atoms with Gasteiger partial charge in [-0.05, 0) is 43.9 Å². The molecule has 0 aromatic heterocycles. The molecule has 116 valence electrons. The molecule has 4 heteroatoms. The Morgan fingerprint density at radius 3 is 1.90 bits per heavy atom. The van der Waals surface area contributed by atoms with Crippen LogP contribution in [0.2, 0.25) is 0 Å². The smallest absolute Gasteiger partial charge is 0.251 e. The lowest BCUT2D eigenvalue weighted by Crippen LogP contribution is -2.46. The summed E-state index contributed by atoms with van der Waals surface area (Å²) in [6.45, 7) is 11.8. The van der Waals surface area contributed by atoms with Crippen LogP contribution in [-0.4, -0.2) is 23.9 Å². The van der Waals surface area contributed by atoms with E-state index in [1.165, 1.54) is 5.56 Å². The Balaban J connectivity index is 2.70. The second kappa shape index (κ2) is 6.74. The number of hydrogen-bond donors (Lipinski definition) is 2. The maximum atomic E-state index is 12.1. The van der Waals surface area contributed by atoms with Crippen molar-refractivity contribution in [2.75, 3.05) is 0 Å². The minimum Gasteiger partial charge on any atom is -0.352 e. The first-order chi connectivity index (χ1) is 9.61. The second-order valence-electron chi connectivity index (χ2n) is 6.69. The molecule has 0 unspecified atom stereocenters. The van der Waals surface area contributed by atoms with E-state index in [9.17, 15) is 9.59 Å². The molecule has 0 aliphatic heterocycles. The van der Waals surface area contributed by atoms with Gasteiger partial charge in [0, 0.05) is 11.6 Å². The summed E-state index contributed by atoms with van der Waals surface area (Å²) in [6, 6.07) is 7.00. The van der Waals surface area contributed by atoms with Crippen molar-refractivity contribution in [3.05, 3.63) is 35.4 Å². The van der Waals surface area contributed by atoms with E-state index >= 15 is 0 Å².